The van der Waals surface area contributed by atoms with Crippen molar-refractivity contribution in [1.29, 1.82) is 0 Å². The molecule has 0 aromatic heterocycles. The topological polar surface area (TPSA) is 137 Å². The van der Waals surface area contributed by atoms with Gasteiger partial charge in [-0.25, -0.2) is 21.6 Å². The maximum absolute atomic E-state index is 13.0. The van der Waals surface area contributed by atoms with Gasteiger partial charge in [-0.1, -0.05) is 0 Å². The maximum atomic E-state index is 13.0. The molecule has 1 aromatic carbocycles. The summed E-state index contributed by atoms with van der Waals surface area (Å²) in [7, 11) is -4.32. The number of amides is 1. The largest absolute Gasteiger partial charge is 0.495 e. The molecule has 0 saturated carbocycles. The van der Waals surface area contributed by atoms with Crippen LogP contribution < -0.4 is 4.74 Å². The number of rotatable bonds is 7. The number of sulfone groups is 1. The second-order valence-electron chi connectivity index (χ2n) is 7.52. The minimum Gasteiger partial charge on any atom is -0.495 e. The summed E-state index contributed by atoms with van der Waals surface area (Å²) in [5.41, 5.74) is -0.0588. The predicted molar refractivity (Wildman–Crippen MR) is 113 cm³/mol. The number of morpholine rings is 1. The first-order chi connectivity index (χ1) is 15.0. The lowest BCUT2D eigenvalue weighted by molar-refractivity contribution is -0.134. The van der Waals surface area contributed by atoms with Crippen LogP contribution in [0.4, 0.5) is 0 Å². The Hall–Kier alpha value is -2.22. The van der Waals surface area contributed by atoms with Crippen molar-refractivity contribution >= 4 is 31.7 Å². The zero-order valence-corrected chi connectivity index (χ0v) is 19.5. The Morgan fingerprint density at radius 3 is 2.53 bits per heavy atom. The van der Waals surface area contributed by atoms with Crippen LogP contribution in [-0.2, 0) is 34.1 Å². The van der Waals surface area contributed by atoms with Gasteiger partial charge in [-0.2, -0.15) is 4.31 Å². The molecule has 2 aliphatic rings. The first-order valence-corrected chi connectivity index (χ1v) is 13.2. The molecule has 3 rings (SSSR count). The summed E-state index contributed by atoms with van der Waals surface area (Å²) in [4.78, 5) is 25.9. The molecule has 178 valence electrons. The van der Waals surface area contributed by atoms with Crippen LogP contribution in [0.3, 0.4) is 0 Å². The van der Waals surface area contributed by atoms with E-state index < -0.39 is 44.4 Å². The Kier molecular flexibility index (Phi) is 7.43. The van der Waals surface area contributed by atoms with E-state index in [4.69, 9.17) is 14.2 Å². The standard InChI is InChI=1S/C19H26N2O9S2/c1-20(15-5-10-31(24,25)13-15)18(22)12-30-19(23)14-3-4-16(28-2)17(11-14)32(26,27)21-6-8-29-9-7-21/h3-4,11,15H,5-10,12-13H2,1-2H3. The number of sulfonamides is 1. The van der Waals surface area contributed by atoms with Crippen LogP contribution in [-0.4, -0.2) is 103 Å². The molecule has 32 heavy (non-hydrogen) atoms. The van der Waals surface area contributed by atoms with Crippen molar-refractivity contribution in [3.63, 3.8) is 0 Å². The molecule has 0 N–H and O–H groups in total. The van der Waals surface area contributed by atoms with Crippen LogP contribution in [0.25, 0.3) is 0 Å². The van der Waals surface area contributed by atoms with E-state index in [1.165, 1.54) is 35.5 Å². The Morgan fingerprint density at radius 2 is 1.94 bits per heavy atom. The number of hydrogen-bond donors (Lipinski definition) is 0. The van der Waals surface area contributed by atoms with Crippen LogP contribution in [0.5, 0.6) is 5.75 Å². The van der Waals surface area contributed by atoms with Crippen molar-refractivity contribution in [1.82, 2.24) is 9.21 Å². The highest BCUT2D eigenvalue weighted by molar-refractivity contribution is 7.91. The van der Waals surface area contributed by atoms with Gasteiger partial charge < -0.3 is 19.1 Å². The monoisotopic (exact) mass is 490 g/mol. The van der Waals surface area contributed by atoms with Gasteiger partial charge in [0.05, 0.1) is 37.4 Å². The fourth-order valence-electron chi connectivity index (χ4n) is 3.53. The number of ether oxygens (including phenoxy) is 3. The molecule has 2 aliphatic heterocycles. The molecule has 1 amide bonds. The zero-order valence-electron chi connectivity index (χ0n) is 17.9. The second kappa shape index (κ2) is 9.73. The Bertz CT molecular complexity index is 1080. The fraction of sp³-hybridized carbons (Fsp3) is 0.579. The molecule has 0 aliphatic carbocycles. The van der Waals surface area contributed by atoms with Gasteiger partial charge in [0.15, 0.2) is 16.4 Å². The Morgan fingerprint density at radius 1 is 1.25 bits per heavy atom. The number of carbonyl (C=O) groups excluding carboxylic acids is 2. The van der Waals surface area contributed by atoms with E-state index in [0.717, 1.165) is 6.07 Å². The quantitative estimate of drug-likeness (QED) is 0.464. The van der Waals surface area contributed by atoms with Crippen molar-refractivity contribution in [2.75, 3.05) is 58.6 Å². The molecular formula is C19H26N2O9S2. The lowest BCUT2D eigenvalue weighted by Crippen LogP contribution is -2.40. The third kappa shape index (κ3) is 5.39. The van der Waals surface area contributed by atoms with Crippen molar-refractivity contribution in [3.05, 3.63) is 23.8 Å². The van der Waals surface area contributed by atoms with Gasteiger partial charge >= 0.3 is 5.97 Å². The molecule has 13 heteroatoms. The van der Waals surface area contributed by atoms with Gasteiger partial charge in [0, 0.05) is 26.2 Å². The number of methoxy groups -OCH3 is 1. The highest BCUT2D eigenvalue weighted by Gasteiger charge is 2.33. The summed E-state index contributed by atoms with van der Waals surface area (Å²) in [5.74, 6) is -1.46. The third-order valence-electron chi connectivity index (χ3n) is 5.46. The van der Waals surface area contributed by atoms with Gasteiger partial charge in [-0.15, -0.1) is 0 Å². The summed E-state index contributed by atoms with van der Waals surface area (Å²) >= 11 is 0. The van der Waals surface area contributed by atoms with Crippen LogP contribution in [0.15, 0.2) is 23.1 Å². The number of likely N-dealkylation sites (N-methyl/N-ethyl adjacent to an activating group) is 1. The molecule has 0 bridgehead atoms. The molecule has 2 saturated heterocycles. The van der Waals surface area contributed by atoms with Crippen molar-refractivity contribution in [3.8, 4) is 5.75 Å². The first-order valence-electron chi connectivity index (χ1n) is 9.94. The second-order valence-corrected chi connectivity index (χ2v) is 11.7. The van der Waals surface area contributed by atoms with E-state index in [1.807, 2.05) is 0 Å². The molecular weight excluding hydrogens is 464 g/mol. The first kappa shape index (κ1) is 24.4. The van der Waals surface area contributed by atoms with E-state index in [1.54, 1.807) is 0 Å². The van der Waals surface area contributed by atoms with E-state index in [2.05, 4.69) is 0 Å². The molecule has 0 radical (unpaired) electrons. The third-order valence-corrected chi connectivity index (χ3v) is 9.13. The summed E-state index contributed by atoms with van der Waals surface area (Å²) in [6.45, 7) is 0.293. The van der Waals surface area contributed by atoms with Gasteiger partial charge in [0.25, 0.3) is 5.91 Å². The minimum absolute atomic E-state index is 0.0152. The van der Waals surface area contributed by atoms with E-state index >= 15 is 0 Å². The summed E-state index contributed by atoms with van der Waals surface area (Å²) in [5, 5.41) is 0. The number of carbonyl (C=O) groups is 2. The Balaban J connectivity index is 1.70. The SMILES string of the molecule is COc1ccc(C(=O)OCC(=O)N(C)C2CCS(=O)(=O)C2)cc1S(=O)(=O)N1CCOCC1. The number of hydrogen-bond acceptors (Lipinski definition) is 9. The number of nitrogens with zero attached hydrogens (tertiary/aromatic N) is 2. The number of esters is 1. The minimum atomic E-state index is -3.94. The van der Waals surface area contributed by atoms with Crippen molar-refractivity contribution < 1.29 is 40.6 Å². The van der Waals surface area contributed by atoms with E-state index in [9.17, 15) is 26.4 Å². The molecule has 0 spiro atoms. The highest BCUT2D eigenvalue weighted by atomic mass is 32.2. The smallest absolute Gasteiger partial charge is 0.338 e. The van der Waals surface area contributed by atoms with E-state index in [-0.39, 0.29) is 54.0 Å². The van der Waals surface area contributed by atoms with Crippen molar-refractivity contribution in [2.45, 2.75) is 17.4 Å². The van der Waals surface area contributed by atoms with E-state index in [0.29, 0.717) is 6.42 Å². The molecule has 1 unspecified atom stereocenters. The lowest BCUT2D eigenvalue weighted by atomic mass is 10.2. The van der Waals surface area contributed by atoms with Crippen LogP contribution in [0.2, 0.25) is 0 Å². The normalized spacial score (nSPS) is 21.1. The van der Waals surface area contributed by atoms with Gasteiger partial charge in [-0.3, -0.25) is 4.79 Å². The average Bonchev–Trinajstić information content (AvgIpc) is 3.16. The fourth-order valence-corrected chi connectivity index (χ4v) is 6.89. The van der Waals surface area contributed by atoms with Crippen LogP contribution >= 0.6 is 0 Å². The van der Waals surface area contributed by atoms with Gasteiger partial charge in [0.2, 0.25) is 10.0 Å². The predicted octanol–water partition coefficient (Wildman–Crippen LogP) is -0.482. The summed E-state index contributed by atoms with van der Waals surface area (Å²) in [6.07, 6.45) is 0.333. The lowest BCUT2D eigenvalue weighted by Gasteiger charge is -2.26. The molecule has 1 aromatic rings. The molecule has 2 fully saturated rings. The number of benzene rings is 1. The Labute approximate surface area is 187 Å². The maximum Gasteiger partial charge on any atom is 0.338 e. The molecule has 11 nitrogen and oxygen atoms in total. The van der Waals surface area contributed by atoms with Crippen LogP contribution in [0.1, 0.15) is 16.8 Å². The summed E-state index contributed by atoms with van der Waals surface area (Å²) in [6, 6.07) is 3.39. The van der Waals surface area contributed by atoms with Crippen LogP contribution in [0, 0.1) is 0 Å². The summed E-state index contributed by atoms with van der Waals surface area (Å²) < 4.78 is 65.9. The van der Waals surface area contributed by atoms with Crippen molar-refractivity contribution in [2.24, 2.45) is 0 Å². The zero-order chi connectivity index (χ0) is 23.5. The molecule has 1 atom stereocenters. The molecule has 2 heterocycles. The highest BCUT2D eigenvalue weighted by Crippen LogP contribution is 2.28. The average molecular weight is 491 g/mol. The van der Waals surface area contributed by atoms with Gasteiger partial charge in [-0.05, 0) is 24.6 Å². The van der Waals surface area contributed by atoms with Gasteiger partial charge in [0.1, 0.15) is 10.6 Å².